The van der Waals surface area contributed by atoms with E-state index < -0.39 is 11.9 Å². The Bertz CT molecular complexity index is 668. The van der Waals surface area contributed by atoms with Crippen LogP contribution in [0, 0.1) is 5.92 Å². The smallest absolute Gasteiger partial charge is 0.308 e. The number of nitrogens with zero attached hydrogens (tertiary/aromatic N) is 4. The van der Waals surface area contributed by atoms with E-state index in [9.17, 15) is 9.59 Å². The van der Waals surface area contributed by atoms with E-state index in [2.05, 4.69) is 10.3 Å². The summed E-state index contributed by atoms with van der Waals surface area (Å²) in [5.74, 6) is -1.63. The van der Waals surface area contributed by atoms with Crippen molar-refractivity contribution in [1.82, 2.24) is 19.9 Å². The minimum Gasteiger partial charge on any atom is -0.481 e. The van der Waals surface area contributed by atoms with Crippen molar-refractivity contribution < 1.29 is 14.7 Å². The number of aromatic nitrogens is 3. The Labute approximate surface area is 120 Å². The molecule has 3 rings (SSSR count). The molecule has 2 aromatic rings. The molecule has 1 amide bonds. The van der Waals surface area contributed by atoms with Crippen LogP contribution >= 0.6 is 0 Å². The molecule has 1 aliphatic rings. The number of carboxylic acid groups (broad SMARTS) is 1. The third-order valence-corrected chi connectivity index (χ3v) is 3.56. The Balaban J connectivity index is 1.75. The van der Waals surface area contributed by atoms with Crippen LogP contribution in [0.25, 0.3) is 5.69 Å². The van der Waals surface area contributed by atoms with Crippen LogP contribution in [-0.4, -0.2) is 50.0 Å². The van der Waals surface area contributed by atoms with Crippen LogP contribution in [0.3, 0.4) is 0 Å². The summed E-state index contributed by atoms with van der Waals surface area (Å²) in [6.07, 6.45) is 2.04. The first-order chi connectivity index (χ1) is 10.1. The number of carboxylic acids is 1. The Morgan fingerprint density at radius 1 is 1.24 bits per heavy atom. The summed E-state index contributed by atoms with van der Waals surface area (Å²) in [7, 11) is 0. The minimum atomic E-state index is -0.863. The van der Waals surface area contributed by atoms with Gasteiger partial charge in [-0.2, -0.15) is 0 Å². The zero-order valence-corrected chi connectivity index (χ0v) is 11.2. The van der Waals surface area contributed by atoms with E-state index in [1.54, 1.807) is 6.20 Å². The van der Waals surface area contributed by atoms with Crippen LogP contribution in [-0.2, 0) is 4.79 Å². The van der Waals surface area contributed by atoms with E-state index >= 15 is 0 Å². The van der Waals surface area contributed by atoms with Gasteiger partial charge in [-0.25, -0.2) is 4.68 Å². The molecule has 1 aromatic heterocycles. The second kappa shape index (κ2) is 5.35. The van der Waals surface area contributed by atoms with Gasteiger partial charge in [-0.15, -0.1) is 5.10 Å². The molecule has 0 spiro atoms. The number of hydrogen-bond acceptors (Lipinski definition) is 4. The number of para-hydroxylation sites is 1. The van der Waals surface area contributed by atoms with Crippen LogP contribution in [0.15, 0.2) is 36.5 Å². The van der Waals surface area contributed by atoms with E-state index in [0.29, 0.717) is 13.0 Å². The van der Waals surface area contributed by atoms with Crippen LogP contribution in [0.5, 0.6) is 0 Å². The Hall–Kier alpha value is -2.70. The predicted molar refractivity (Wildman–Crippen MR) is 73.0 cm³/mol. The van der Waals surface area contributed by atoms with Crippen molar-refractivity contribution in [2.24, 2.45) is 5.92 Å². The number of benzene rings is 1. The van der Waals surface area contributed by atoms with Gasteiger partial charge in [0.25, 0.3) is 5.91 Å². The number of carbonyl (C=O) groups is 2. The molecule has 1 unspecified atom stereocenters. The van der Waals surface area contributed by atoms with Gasteiger partial charge >= 0.3 is 5.97 Å². The summed E-state index contributed by atoms with van der Waals surface area (Å²) in [6, 6.07) is 9.36. The van der Waals surface area contributed by atoms with Crippen molar-refractivity contribution in [3.05, 3.63) is 42.2 Å². The standard InChI is InChI=1S/C14H14N4O3/c19-13(17-7-6-10(8-17)14(20)21)12-9-18(16-15-12)11-4-2-1-3-5-11/h1-5,9-10H,6-8H2,(H,20,21). The second-order valence-corrected chi connectivity index (χ2v) is 4.96. The fourth-order valence-electron chi connectivity index (χ4n) is 2.38. The maximum Gasteiger partial charge on any atom is 0.308 e. The van der Waals surface area contributed by atoms with E-state index in [-0.39, 0.29) is 18.1 Å². The van der Waals surface area contributed by atoms with Gasteiger partial charge in [-0.1, -0.05) is 23.4 Å². The first kappa shape index (κ1) is 13.3. The molecule has 7 nitrogen and oxygen atoms in total. The highest BCUT2D eigenvalue weighted by Crippen LogP contribution is 2.18. The largest absolute Gasteiger partial charge is 0.481 e. The summed E-state index contributed by atoms with van der Waals surface area (Å²) < 4.78 is 1.53. The summed E-state index contributed by atoms with van der Waals surface area (Å²) >= 11 is 0. The molecule has 1 N–H and O–H groups in total. The van der Waals surface area contributed by atoms with Crippen molar-refractivity contribution >= 4 is 11.9 Å². The molecule has 7 heteroatoms. The lowest BCUT2D eigenvalue weighted by atomic mass is 10.1. The lowest BCUT2D eigenvalue weighted by Gasteiger charge is -2.13. The topological polar surface area (TPSA) is 88.3 Å². The SMILES string of the molecule is O=C(O)C1CCN(C(=O)c2cn(-c3ccccc3)nn2)C1. The van der Waals surface area contributed by atoms with Crippen LogP contribution in [0.1, 0.15) is 16.9 Å². The molecular formula is C14H14N4O3. The number of rotatable bonds is 3. The van der Waals surface area contributed by atoms with Crippen LogP contribution < -0.4 is 0 Å². The minimum absolute atomic E-state index is 0.227. The fourth-order valence-corrected chi connectivity index (χ4v) is 2.38. The van der Waals surface area contributed by atoms with Gasteiger partial charge < -0.3 is 10.0 Å². The normalized spacial score (nSPS) is 17.9. The van der Waals surface area contributed by atoms with E-state index in [4.69, 9.17) is 5.11 Å². The van der Waals surface area contributed by atoms with Crippen molar-refractivity contribution in [3.8, 4) is 5.69 Å². The van der Waals surface area contributed by atoms with Gasteiger partial charge in [0.15, 0.2) is 5.69 Å². The third-order valence-electron chi connectivity index (χ3n) is 3.56. The van der Waals surface area contributed by atoms with Gasteiger partial charge in [0.05, 0.1) is 17.8 Å². The molecule has 108 valence electrons. The zero-order chi connectivity index (χ0) is 14.8. The average Bonchev–Trinajstić information content (AvgIpc) is 3.17. The van der Waals surface area contributed by atoms with Gasteiger partial charge in [0.2, 0.25) is 0 Å². The van der Waals surface area contributed by atoms with Crippen molar-refractivity contribution in [2.45, 2.75) is 6.42 Å². The van der Waals surface area contributed by atoms with Gasteiger partial charge in [0.1, 0.15) is 0 Å². The first-order valence-corrected chi connectivity index (χ1v) is 6.65. The van der Waals surface area contributed by atoms with Crippen molar-refractivity contribution in [3.63, 3.8) is 0 Å². The van der Waals surface area contributed by atoms with Gasteiger partial charge in [-0.05, 0) is 18.6 Å². The predicted octanol–water partition coefficient (Wildman–Crippen LogP) is 0.814. The fraction of sp³-hybridized carbons (Fsp3) is 0.286. The number of carbonyl (C=O) groups excluding carboxylic acids is 1. The molecular weight excluding hydrogens is 272 g/mol. The highest BCUT2D eigenvalue weighted by Gasteiger charge is 2.32. The Kier molecular flexibility index (Phi) is 3.39. The molecule has 0 saturated carbocycles. The zero-order valence-electron chi connectivity index (χ0n) is 11.2. The highest BCUT2D eigenvalue weighted by atomic mass is 16.4. The van der Waals surface area contributed by atoms with E-state index in [1.165, 1.54) is 9.58 Å². The molecule has 0 bridgehead atoms. The highest BCUT2D eigenvalue weighted by molar-refractivity contribution is 5.92. The molecule has 1 fully saturated rings. The van der Waals surface area contributed by atoms with E-state index in [0.717, 1.165) is 5.69 Å². The molecule has 1 saturated heterocycles. The summed E-state index contributed by atoms with van der Waals surface area (Å²) in [6.45, 7) is 0.667. The maximum absolute atomic E-state index is 12.3. The molecule has 1 aromatic carbocycles. The van der Waals surface area contributed by atoms with E-state index in [1.807, 2.05) is 30.3 Å². The number of aliphatic carboxylic acids is 1. The van der Waals surface area contributed by atoms with Gasteiger partial charge in [0, 0.05) is 13.1 Å². The molecule has 0 aliphatic carbocycles. The number of likely N-dealkylation sites (tertiary alicyclic amines) is 1. The molecule has 21 heavy (non-hydrogen) atoms. The van der Waals surface area contributed by atoms with Gasteiger partial charge in [-0.3, -0.25) is 9.59 Å². The molecule has 1 aliphatic heterocycles. The molecule has 1 atom stereocenters. The van der Waals surface area contributed by atoms with Crippen molar-refractivity contribution in [1.29, 1.82) is 0 Å². The average molecular weight is 286 g/mol. The lowest BCUT2D eigenvalue weighted by Crippen LogP contribution is -2.30. The second-order valence-electron chi connectivity index (χ2n) is 4.96. The first-order valence-electron chi connectivity index (χ1n) is 6.65. The van der Waals surface area contributed by atoms with Crippen LogP contribution in [0.2, 0.25) is 0 Å². The quantitative estimate of drug-likeness (QED) is 0.902. The number of hydrogen-bond donors (Lipinski definition) is 1. The Morgan fingerprint density at radius 3 is 2.67 bits per heavy atom. The summed E-state index contributed by atoms with van der Waals surface area (Å²) in [5.41, 5.74) is 1.04. The monoisotopic (exact) mass is 286 g/mol. The number of amides is 1. The molecule has 0 radical (unpaired) electrons. The third kappa shape index (κ3) is 2.62. The molecule has 2 heterocycles. The van der Waals surface area contributed by atoms with Crippen molar-refractivity contribution in [2.75, 3.05) is 13.1 Å². The maximum atomic E-state index is 12.3. The summed E-state index contributed by atoms with van der Waals surface area (Å²) in [4.78, 5) is 24.7. The lowest BCUT2D eigenvalue weighted by molar-refractivity contribution is -0.141. The summed E-state index contributed by atoms with van der Waals surface area (Å²) in [5, 5.41) is 16.8. The Morgan fingerprint density at radius 2 is 2.00 bits per heavy atom. The van der Waals surface area contributed by atoms with Crippen LogP contribution in [0.4, 0.5) is 0 Å².